The van der Waals surface area contributed by atoms with Crippen molar-refractivity contribution >= 4 is 17.8 Å². The summed E-state index contributed by atoms with van der Waals surface area (Å²) in [5, 5.41) is 5.22. The minimum atomic E-state index is -0.550. The zero-order chi connectivity index (χ0) is 16.8. The number of amides is 2. The Morgan fingerprint density at radius 2 is 1.45 bits per heavy atom. The van der Waals surface area contributed by atoms with Crippen molar-refractivity contribution in [1.82, 2.24) is 10.6 Å². The van der Waals surface area contributed by atoms with Crippen molar-refractivity contribution in [2.75, 3.05) is 13.1 Å². The van der Waals surface area contributed by atoms with Gasteiger partial charge in [-0.05, 0) is 39.8 Å². The molecule has 2 amide bonds. The summed E-state index contributed by atoms with van der Waals surface area (Å²) in [4.78, 5) is 34.4. The maximum absolute atomic E-state index is 11.9. The molecule has 22 heavy (non-hydrogen) atoms. The second-order valence-electron chi connectivity index (χ2n) is 5.82. The highest BCUT2D eigenvalue weighted by molar-refractivity contribution is 5.97. The van der Waals surface area contributed by atoms with E-state index in [-0.39, 0.29) is 24.8 Å². The first-order chi connectivity index (χ1) is 10.2. The third-order valence-corrected chi connectivity index (χ3v) is 2.63. The van der Waals surface area contributed by atoms with Crippen LogP contribution in [0.15, 0.2) is 24.3 Å². The molecule has 6 nitrogen and oxygen atoms in total. The van der Waals surface area contributed by atoms with Gasteiger partial charge in [-0.15, -0.1) is 0 Å². The summed E-state index contributed by atoms with van der Waals surface area (Å²) in [6.07, 6.45) is -0.521. The van der Waals surface area contributed by atoms with Crippen LogP contribution >= 0.6 is 0 Å². The molecule has 0 radical (unpaired) electrons. The van der Waals surface area contributed by atoms with Gasteiger partial charge in [-0.1, -0.05) is 12.1 Å². The second-order valence-corrected chi connectivity index (χ2v) is 5.82. The van der Waals surface area contributed by atoms with Gasteiger partial charge < -0.3 is 15.4 Å². The van der Waals surface area contributed by atoms with Crippen LogP contribution in [-0.4, -0.2) is 36.5 Å². The summed E-state index contributed by atoms with van der Waals surface area (Å²) >= 11 is 0. The summed E-state index contributed by atoms with van der Waals surface area (Å²) in [5.41, 5.74) is 0.469. The highest BCUT2D eigenvalue weighted by atomic mass is 16.6. The van der Waals surface area contributed by atoms with Gasteiger partial charge in [0.15, 0.2) is 5.78 Å². The summed E-state index contributed by atoms with van der Waals surface area (Å²) in [5.74, 6) is -0.311. The summed E-state index contributed by atoms with van der Waals surface area (Å²) in [6, 6.07) is 6.40. The quantitative estimate of drug-likeness (QED) is 0.645. The maximum atomic E-state index is 11.9. The first kappa shape index (κ1) is 17.7. The Bertz CT molecular complexity index is 544. The van der Waals surface area contributed by atoms with Gasteiger partial charge in [-0.2, -0.15) is 0 Å². The predicted octanol–water partition coefficient (Wildman–Crippen LogP) is 2.14. The minimum Gasteiger partial charge on any atom is -0.444 e. The number of ether oxygens (including phenoxy) is 1. The van der Waals surface area contributed by atoms with E-state index in [1.54, 1.807) is 45.0 Å². The Morgan fingerprint density at radius 3 is 1.95 bits per heavy atom. The number of Topliss-reactive ketones (excluding diaryl/α,β-unsaturated/α-hetero) is 1. The average Bonchev–Trinajstić information content (AvgIpc) is 2.41. The van der Waals surface area contributed by atoms with Crippen molar-refractivity contribution < 1.29 is 19.1 Å². The fourth-order valence-electron chi connectivity index (χ4n) is 1.61. The molecule has 1 rings (SSSR count). The number of benzene rings is 1. The molecule has 0 unspecified atom stereocenters. The molecular weight excluding hydrogens is 284 g/mol. The molecule has 0 saturated heterocycles. The van der Waals surface area contributed by atoms with Gasteiger partial charge in [0.2, 0.25) is 0 Å². The number of nitrogens with one attached hydrogen (secondary N) is 2. The van der Waals surface area contributed by atoms with Gasteiger partial charge in [0.05, 0.1) is 0 Å². The number of alkyl carbamates (subject to hydrolysis) is 1. The van der Waals surface area contributed by atoms with Crippen molar-refractivity contribution in [2.45, 2.75) is 33.3 Å². The van der Waals surface area contributed by atoms with E-state index in [0.717, 1.165) is 0 Å². The van der Waals surface area contributed by atoms with Gasteiger partial charge in [0.25, 0.3) is 5.91 Å². The molecule has 0 fully saturated rings. The fourth-order valence-corrected chi connectivity index (χ4v) is 1.61. The van der Waals surface area contributed by atoms with E-state index in [2.05, 4.69) is 10.6 Å². The number of rotatable bonds is 5. The van der Waals surface area contributed by atoms with Crippen molar-refractivity contribution in [3.63, 3.8) is 0 Å². The SMILES string of the molecule is CC(=O)c1ccc(C(=O)NCCNC(=O)OC(C)(C)C)cc1. The molecule has 120 valence electrons. The second kappa shape index (κ2) is 7.59. The first-order valence-electron chi connectivity index (χ1n) is 7.05. The molecule has 0 aromatic heterocycles. The number of ketones is 1. The number of hydrogen-bond acceptors (Lipinski definition) is 4. The minimum absolute atomic E-state index is 0.0477. The molecule has 0 spiro atoms. The van der Waals surface area contributed by atoms with Crippen LogP contribution in [0.25, 0.3) is 0 Å². The molecular formula is C16H22N2O4. The molecule has 0 atom stereocenters. The standard InChI is InChI=1S/C16H22N2O4/c1-11(19)12-5-7-13(8-6-12)14(20)17-9-10-18-15(21)22-16(2,3)4/h5-8H,9-10H2,1-4H3,(H,17,20)(H,18,21). The molecule has 0 heterocycles. The van der Waals surface area contributed by atoms with Gasteiger partial charge in [-0.25, -0.2) is 4.79 Å². The van der Waals surface area contributed by atoms with E-state index in [1.807, 2.05) is 0 Å². The number of hydrogen-bond donors (Lipinski definition) is 2. The Labute approximate surface area is 130 Å². The zero-order valence-electron chi connectivity index (χ0n) is 13.4. The van der Waals surface area contributed by atoms with E-state index in [9.17, 15) is 14.4 Å². The molecule has 6 heteroatoms. The highest BCUT2D eigenvalue weighted by Crippen LogP contribution is 2.06. The maximum Gasteiger partial charge on any atom is 0.407 e. The topological polar surface area (TPSA) is 84.5 Å². The van der Waals surface area contributed by atoms with Gasteiger partial charge in [0, 0.05) is 24.2 Å². The van der Waals surface area contributed by atoms with Crippen LogP contribution in [0.5, 0.6) is 0 Å². The van der Waals surface area contributed by atoms with Crippen LogP contribution < -0.4 is 10.6 Å². The Hall–Kier alpha value is -2.37. The Kier molecular flexibility index (Phi) is 6.10. The summed E-state index contributed by atoms with van der Waals surface area (Å²) in [6.45, 7) is 7.35. The number of carbonyl (C=O) groups is 3. The normalized spacial score (nSPS) is 10.7. The first-order valence-corrected chi connectivity index (χ1v) is 7.05. The van der Waals surface area contributed by atoms with Crippen LogP contribution in [-0.2, 0) is 4.74 Å². The highest BCUT2D eigenvalue weighted by Gasteiger charge is 2.15. The summed E-state index contributed by atoms with van der Waals surface area (Å²) < 4.78 is 5.07. The lowest BCUT2D eigenvalue weighted by Gasteiger charge is -2.19. The Balaban J connectivity index is 2.34. The van der Waals surface area contributed by atoms with Crippen LogP contribution in [0, 0.1) is 0 Å². The predicted molar refractivity (Wildman–Crippen MR) is 83.0 cm³/mol. The van der Waals surface area contributed by atoms with E-state index >= 15 is 0 Å². The van der Waals surface area contributed by atoms with Gasteiger partial charge >= 0.3 is 6.09 Å². The monoisotopic (exact) mass is 306 g/mol. The van der Waals surface area contributed by atoms with E-state index < -0.39 is 11.7 Å². The van der Waals surface area contributed by atoms with Gasteiger partial charge in [-0.3, -0.25) is 9.59 Å². The lowest BCUT2D eigenvalue weighted by atomic mass is 10.1. The molecule has 0 aliphatic heterocycles. The van der Waals surface area contributed by atoms with Crippen LogP contribution in [0.4, 0.5) is 4.79 Å². The Morgan fingerprint density at radius 1 is 0.955 bits per heavy atom. The van der Waals surface area contributed by atoms with Crippen LogP contribution in [0.1, 0.15) is 48.4 Å². The molecule has 1 aromatic carbocycles. The van der Waals surface area contributed by atoms with Gasteiger partial charge in [0.1, 0.15) is 5.60 Å². The lowest BCUT2D eigenvalue weighted by molar-refractivity contribution is 0.0526. The van der Waals surface area contributed by atoms with Crippen molar-refractivity contribution in [1.29, 1.82) is 0 Å². The van der Waals surface area contributed by atoms with Crippen LogP contribution in [0.2, 0.25) is 0 Å². The average molecular weight is 306 g/mol. The molecule has 0 aliphatic rings. The third kappa shape index (κ3) is 6.39. The van der Waals surface area contributed by atoms with Crippen LogP contribution in [0.3, 0.4) is 0 Å². The molecule has 0 bridgehead atoms. The van der Waals surface area contributed by atoms with Crippen molar-refractivity contribution in [3.05, 3.63) is 35.4 Å². The molecule has 1 aromatic rings. The van der Waals surface area contributed by atoms with Crippen molar-refractivity contribution in [3.8, 4) is 0 Å². The third-order valence-electron chi connectivity index (χ3n) is 2.63. The largest absolute Gasteiger partial charge is 0.444 e. The lowest BCUT2D eigenvalue weighted by Crippen LogP contribution is -2.37. The molecule has 0 aliphatic carbocycles. The van der Waals surface area contributed by atoms with E-state index in [1.165, 1.54) is 6.92 Å². The van der Waals surface area contributed by atoms with Crippen molar-refractivity contribution in [2.24, 2.45) is 0 Å². The molecule has 2 N–H and O–H groups in total. The number of carbonyl (C=O) groups excluding carboxylic acids is 3. The molecule has 0 saturated carbocycles. The zero-order valence-corrected chi connectivity index (χ0v) is 13.4. The van der Waals surface area contributed by atoms with E-state index in [4.69, 9.17) is 4.74 Å². The smallest absolute Gasteiger partial charge is 0.407 e. The summed E-state index contributed by atoms with van der Waals surface area (Å²) in [7, 11) is 0. The fraction of sp³-hybridized carbons (Fsp3) is 0.438. The van der Waals surface area contributed by atoms with E-state index in [0.29, 0.717) is 11.1 Å².